The maximum atomic E-state index is 5.99. The van der Waals surface area contributed by atoms with Crippen molar-refractivity contribution < 1.29 is 0 Å². The molecule has 0 radical (unpaired) electrons. The fourth-order valence-corrected chi connectivity index (χ4v) is 1.93. The minimum Gasteiger partial charge on any atom is -0.213 e. The highest BCUT2D eigenvalue weighted by Gasteiger charge is 2.06. The quantitative estimate of drug-likeness (QED) is 0.656. The number of aromatic nitrogens is 3. The van der Waals surface area contributed by atoms with E-state index in [2.05, 4.69) is 17.2 Å². The lowest BCUT2D eigenvalue weighted by atomic mass is 10.2. The number of rotatable bonds is 1. The molecule has 0 N–H and O–H groups in total. The Hall–Kier alpha value is -1.87. The maximum absolute atomic E-state index is 5.99. The van der Waals surface area contributed by atoms with Crippen LogP contribution in [0, 0.1) is 6.92 Å². The third-order valence-corrected chi connectivity index (χ3v) is 2.92. The molecule has 2 aromatic carbocycles. The number of halogens is 1. The van der Waals surface area contributed by atoms with Gasteiger partial charge in [-0.15, -0.1) is 5.10 Å². The summed E-state index contributed by atoms with van der Waals surface area (Å²) in [6.45, 7) is 2.06. The van der Waals surface area contributed by atoms with Crippen molar-refractivity contribution in [1.29, 1.82) is 0 Å². The number of hydrogen-bond donors (Lipinski definition) is 0. The van der Waals surface area contributed by atoms with Crippen molar-refractivity contribution in [3.05, 3.63) is 53.1 Å². The molecule has 0 saturated heterocycles. The van der Waals surface area contributed by atoms with E-state index in [-0.39, 0.29) is 0 Å². The molecule has 0 unspecified atom stereocenters. The predicted octanol–water partition coefficient (Wildman–Crippen LogP) is 3.38. The van der Waals surface area contributed by atoms with Crippen molar-refractivity contribution in [2.24, 2.45) is 0 Å². The van der Waals surface area contributed by atoms with Crippen LogP contribution in [0.15, 0.2) is 42.5 Å². The van der Waals surface area contributed by atoms with E-state index in [1.807, 2.05) is 42.5 Å². The van der Waals surface area contributed by atoms with Gasteiger partial charge in [-0.2, -0.15) is 0 Å². The Bertz CT molecular complexity index is 671. The van der Waals surface area contributed by atoms with Gasteiger partial charge in [0.15, 0.2) is 0 Å². The Morgan fingerprint density at radius 2 is 1.82 bits per heavy atom. The van der Waals surface area contributed by atoms with E-state index >= 15 is 0 Å². The van der Waals surface area contributed by atoms with Gasteiger partial charge >= 0.3 is 0 Å². The van der Waals surface area contributed by atoms with Gasteiger partial charge in [-0.05, 0) is 37.3 Å². The number of fused-ring (bicyclic) bond motifs is 1. The minimum atomic E-state index is 0.688. The molecule has 0 aliphatic carbocycles. The average molecular weight is 244 g/mol. The summed E-state index contributed by atoms with van der Waals surface area (Å²) in [6.07, 6.45) is 0. The normalized spacial score (nSPS) is 10.9. The minimum absolute atomic E-state index is 0.688. The van der Waals surface area contributed by atoms with Gasteiger partial charge in [0.05, 0.1) is 11.2 Å². The molecular weight excluding hydrogens is 234 g/mol. The largest absolute Gasteiger partial charge is 0.213 e. The van der Waals surface area contributed by atoms with E-state index < -0.39 is 0 Å². The van der Waals surface area contributed by atoms with Crippen LogP contribution in [-0.2, 0) is 0 Å². The first kappa shape index (κ1) is 10.3. The van der Waals surface area contributed by atoms with Crippen LogP contribution >= 0.6 is 11.6 Å². The van der Waals surface area contributed by atoms with Crippen LogP contribution in [0.2, 0.25) is 5.02 Å². The van der Waals surface area contributed by atoms with Crippen LogP contribution in [-0.4, -0.2) is 15.0 Å². The molecule has 0 aliphatic rings. The van der Waals surface area contributed by atoms with Gasteiger partial charge < -0.3 is 0 Å². The molecule has 0 bridgehead atoms. The zero-order chi connectivity index (χ0) is 11.8. The molecule has 0 atom stereocenters. The summed E-state index contributed by atoms with van der Waals surface area (Å²) < 4.78 is 1.79. The van der Waals surface area contributed by atoms with Crippen molar-refractivity contribution in [2.75, 3.05) is 0 Å². The highest BCUT2D eigenvalue weighted by molar-refractivity contribution is 6.31. The van der Waals surface area contributed by atoms with Gasteiger partial charge in [0.1, 0.15) is 5.52 Å². The van der Waals surface area contributed by atoms with Crippen LogP contribution < -0.4 is 0 Å². The second-order valence-corrected chi connectivity index (χ2v) is 4.41. The number of benzene rings is 2. The molecule has 84 valence electrons. The Balaban J connectivity index is 2.23. The molecule has 0 spiro atoms. The summed E-state index contributed by atoms with van der Waals surface area (Å²) in [6, 6.07) is 13.7. The summed E-state index contributed by atoms with van der Waals surface area (Å²) in [5.74, 6) is 0. The molecule has 3 aromatic rings. The SMILES string of the molecule is Cc1ccc(-n2nnc3ccc(Cl)cc32)cc1. The van der Waals surface area contributed by atoms with Gasteiger partial charge in [-0.1, -0.05) is 34.5 Å². The van der Waals surface area contributed by atoms with Gasteiger partial charge in [0, 0.05) is 5.02 Å². The highest BCUT2D eigenvalue weighted by atomic mass is 35.5. The third kappa shape index (κ3) is 1.78. The van der Waals surface area contributed by atoms with Gasteiger partial charge in [0.2, 0.25) is 0 Å². The molecule has 1 aromatic heterocycles. The van der Waals surface area contributed by atoms with Crippen molar-refractivity contribution in [3.8, 4) is 5.69 Å². The maximum Gasteiger partial charge on any atom is 0.113 e. The van der Waals surface area contributed by atoms with Gasteiger partial charge in [0.25, 0.3) is 0 Å². The van der Waals surface area contributed by atoms with Crippen LogP contribution in [0.3, 0.4) is 0 Å². The number of hydrogen-bond acceptors (Lipinski definition) is 2. The van der Waals surface area contributed by atoms with Gasteiger partial charge in [-0.25, -0.2) is 4.68 Å². The summed E-state index contributed by atoms with van der Waals surface area (Å²) in [5.41, 5.74) is 3.97. The molecule has 0 fully saturated rings. The third-order valence-electron chi connectivity index (χ3n) is 2.69. The fourth-order valence-electron chi connectivity index (χ4n) is 1.77. The first-order chi connectivity index (χ1) is 8.24. The first-order valence-corrected chi connectivity index (χ1v) is 5.70. The summed E-state index contributed by atoms with van der Waals surface area (Å²) in [7, 11) is 0. The van der Waals surface area contributed by atoms with Crippen LogP contribution in [0.25, 0.3) is 16.7 Å². The van der Waals surface area contributed by atoms with E-state index in [9.17, 15) is 0 Å². The zero-order valence-electron chi connectivity index (χ0n) is 9.26. The second kappa shape index (κ2) is 3.86. The lowest BCUT2D eigenvalue weighted by Gasteiger charge is -2.02. The van der Waals surface area contributed by atoms with Crippen LogP contribution in [0.4, 0.5) is 0 Å². The molecule has 0 amide bonds. The second-order valence-electron chi connectivity index (χ2n) is 3.97. The summed E-state index contributed by atoms with van der Waals surface area (Å²) in [5, 5.41) is 8.95. The van der Waals surface area contributed by atoms with Gasteiger partial charge in [-0.3, -0.25) is 0 Å². The molecule has 0 saturated carbocycles. The Morgan fingerprint density at radius 1 is 1.06 bits per heavy atom. The zero-order valence-corrected chi connectivity index (χ0v) is 10.0. The number of aryl methyl sites for hydroxylation is 1. The molecule has 17 heavy (non-hydrogen) atoms. The van der Waals surface area contributed by atoms with Crippen LogP contribution in [0.1, 0.15) is 5.56 Å². The average Bonchev–Trinajstić information content (AvgIpc) is 2.73. The lowest BCUT2D eigenvalue weighted by Crippen LogP contribution is -1.96. The topological polar surface area (TPSA) is 30.7 Å². The molecule has 1 heterocycles. The van der Waals surface area contributed by atoms with Crippen molar-refractivity contribution >= 4 is 22.6 Å². The fraction of sp³-hybridized carbons (Fsp3) is 0.0769. The predicted molar refractivity (Wildman–Crippen MR) is 68.6 cm³/mol. The van der Waals surface area contributed by atoms with E-state index in [1.165, 1.54) is 5.56 Å². The van der Waals surface area contributed by atoms with Crippen molar-refractivity contribution in [1.82, 2.24) is 15.0 Å². The lowest BCUT2D eigenvalue weighted by molar-refractivity contribution is 0.823. The Morgan fingerprint density at radius 3 is 2.59 bits per heavy atom. The van der Waals surface area contributed by atoms with E-state index in [0.29, 0.717) is 5.02 Å². The summed E-state index contributed by atoms with van der Waals surface area (Å²) in [4.78, 5) is 0. The Labute approximate surface area is 104 Å². The molecule has 0 aliphatic heterocycles. The van der Waals surface area contributed by atoms with Crippen LogP contribution in [0.5, 0.6) is 0 Å². The van der Waals surface area contributed by atoms with Crippen molar-refractivity contribution in [2.45, 2.75) is 6.92 Å². The standard InChI is InChI=1S/C13H10ClN3/c1-9-2-5-11(6-3-9)17-13-8-10(14)4-7-12(13)15-16-17/h2-8H,1H3. The smallest absolute Gasteiger partial charge is 0.113 e. The molecule has 4 heteroatoms. The monoisotopic (exact) mass is 243 g/mol. The number of nitrogens with zero attached hydrogens (tertiary/aromatic N) is 3. The summed E-state index contributed by atoms with van der Waals surface area (Å²) >= 11 is 5.99. The highest BCUT2D eigenvalue weighted by Crippen LogP contribution is 2.20. The molecular formula is C13H10ClN3. The molecule has 3 rings (SSSR count). The van der Waals surface area contributed by atoms with E-state index in [0.717, 1.165) is 16.7 Å². The Kier molecular flexibility index (Phi) is 2.34. The van der Waals surface area contributed by atoms with E-state index in [4.69, 9.17) is 11.6 Å². The van der Waals surface area contributed by atoms with Crippen molar-refractivity contribution in [3.63, 3.8) is 0 Å². The first-order valence-electron chi connectivity index (χ1n) is 5.32. The van der Waals surface area contributed by atoms with E-state index in [1.54, 1.807) is 4.68 Å². The molecule has 3 nitrogen and oxygen atoms in total.